The van der Waals surface area contributed by atoms with E-state index in [-0.39, 0.29) is 0 Å². The van der Waals surface area contributed by atoms with Crippen molar-refractivity contribution in [3.63, 3.8) is 0 Å². The molecule has 0 fully saturated rings. The SMILES string of the molecule is CNC(C)c1ccnc(Oc2ccc3c(c2)CCCC3)c1. The molecule has 110 valence electrons. The topological polar surface area (TPSA) is 34.2 Å². The van der Waals surface area contributed by atoms with Crippen LogP contribution in [-0.2, 0) is 12.8 Å². The Morgan fingerprint density at radius 1 is 1.10 bits per heavy atom. The van der Waals surface area contributed by atoms with Gasteiger partial charge in [0.2, 0.25) is 5.88 Å². The van der Waals surface area contributed by atoms with Crippen LogP contribution in [-0.4, -0.2) is 12.0 Å². The average Bonchev–Trinajstić information content (AvgIpc) is 2.54. The first-order valence-electron chi connectivity index (χ1n) is 7.69. The molecule has 0 saturated carbocycles. The standard InChI is InChI=1S/C18H22N2O/c1-13(19-2)15-9-10-20-18(12-15)21-17-8-7-14-5-3-4-6-16(14)11-17/h7-13,19H,3-6H2,1-2H3. The summed E-state index contributed by atoms with van der Waals surface area (Å²) in [5.41, 5.74) is 4.08. The summed E-state index contributed by atoms with van der Waals surface area (Å²) in [5, 5.41) is 3.23. The first kappa shape index (κ1) is 14.1. The summed E-state index contributed by atoms with van der Waals surface area (Å²) in [6.45, 7) is 2.12. The molecule has 1 aromatic carbocycles. The largest absolute Gasteiger partial charge is 0.439 e. The van der Waals surface area contributed by atoms with E-state index in [4.69, 9.17) is 4.74 Å². The van der Waals surface area contributed by atoms with Crippen LogP contribution in [0.25, 0.3) is 0 Å². The Balaban J connectivity index is 1.80. The van der Waals surface area contributed by atoms with Gasteiger partial charge in [-0.15, -0.1) is 0 Å². The van der Waals surface area contributed by atoms with Gasteiger partial charge < -0.3 is 10.1 Å². The second kappa shape index (κ2) is 6.27. The van der Waals surface area contributed by atoms with Crippen molar-refractivity contribution in [1.82, 2.24) is 10.3 Å². The van der Waals surface area contributed by atoms with E-state index in [0.717, 1.165) is 12.2 Å². The maximum absolute atomic E-state index is 5.94. The molecule has 3 nitrogen and oxygen atoms in total. The van der Waals surface area contributed by atoms with Crippen molar-refractivity contribution in [3.8, 4) is 11.6 Å². The first-order chi connectivity index (χ1) is 10.3. The molecular weight excluding hydrogens is 260 g/mol. The van der Waals surface area contributed by atoms with Crippen LogP contribution in [0.4, 0.5) is 0 Å². The number of fused-ring (bicyclic) bond motifs is 1. The summed E-state index contributed by atoms with van der Waals surface area (Å²) in [5.74, 6) is 1.54. The van der Waals surface area contributed by atoms with Gasteiger partial charge in [-0.1, -0.05) is 6.07 Å². The summed E-state index contributed by atoms with van der Waals surface area (Å²) >= 11 is 0. The predicted molar refractivity (Wildman–Crippen MR) is 84.9 cm³/mol. The third-order valence-corrected chi connectivity index (χ3v) is 4.23. The van der Waals surface area contributed by atoms with E-state index in [0.29, 0.717) is 11.9 Å². The van der Waals surface area contributed by atoms with Crippen molar-refractivity contribution >= 4 is 0 Å². The second-order valence-corrected chi connectivity index (χ2v) is 5.68. The highest BCUT2D eigenvalue weighted by atomic mass is 16.5. The van der Waals surface area contributed by atoms with Crippen LogP contribution in [0.3, 0.4) is 0 Å². The van der Waals surface area contributed by atoms with Gasteiger partial charge in [0, 0.05) is 18.3 Å². The normalized spacial score (nSPS) is 15.3. The molecule has 1 aliphatic rings. The third kappa shape index (κ3) is 3.24. The fraction of sp³-hybridized carbons (Fsp3) is 0.389. The lowest BCUT2D eigenvalue weighted by Crippen LogP contribution is -2.12. The van der Waals surface area contributed by atoms with E-state index in [1.807, 2.05) is 19.2 Å². The zero-order chi connectivity index (χ0) is 14.7. The van der Waals surface area contributed by atoms with E-state index in [2.05, 4.69) is 35.4 Å². The number of aryl methyl sites for hydroxylation is 2. The van der Waals surface area contributed by atoms with Gasteiger partial charge >= 0.3 is 0 Å². The molecule has 0 aliphatic heterocycles. The van der Waals surface area contributed by atoms with Crippen LogP contribution in [0, 0.1) is 0 Å². The maximum Gasteiger partial charge on any atom is 0.219 e. The smallest absolute Gasteiger partial charge is 0.219 e. The lowest BCUT2D eigenvalue weighted by molar-refractivity contribution is 0.459. The monoisotopic (exact) mass is 282 g/mol. The molecule has 1 N–H and O–H groups in total. The summed E-state index contributed by atoms with van der Waals surface area (Å²) in [6, 6.07) is 10.7. The minimum absolute atomic E-state index is 0.291. The molecule has 0 spiro atoms. The van der Waals surface area contributed by atoms with Crippen molar-refractivity contribution in [2.24, 2.45) is 0 Å². The van der Waals surface area contributed by atoms with Gasteiger partial charge in [-0.25, -0.2) is 4.98 Å². The molecule has 1 aromatic heterocycles. The minimum atomic E-state index is 0.291. The quantitative estimate of drug-likeness (QED) is 0.919. The number of benzene rings is 1. The first-order valence-corrected chi connectivity index (χ1v) is 7.69. The number of hydrogen-bond acceptors (Lipinski definition) is 3. The van der Waals surface area contributed by atoms with Gasteiger partial charge in [0.05, 0.1) is 0 Å². The lowest BCUT2D eigenvalue weighted by Gasteiger charge is -2.17. The number of hydrogen-bond donors (Lipinski definition) is 1. The lowest BCUT2D eigenvalue weighted by atomic mass is 9.92. The summed E-state index contributed by atoms with van der Waals surface area (Å²) < 4.78 is 5.94. The van der Waals surface area contributed by atoms with Gasteiger partial charge in [-0.3, -0.25) is 0 Å². The predicted octanol–water partition coefficient (Wildman–Crippen LogP) is 4.03. The Labute approximate surface area is 126 Å². The number of aromatic nitrogens is 1. The molecule has 2 aromatic rings. The molecule has 3 heteroatoms. The van der Waals surface area contributed by atoms with E-state index < -0.39 is 0 Å². The molecule has 1 atom stereocenters. The summed E-state index contributed by atoms with van der Waals surface area (Å²) in [7, 11) is 1.95. The number of nitrogens with one attached hydrogen (secondary N) is 1. The van der Waals surface area contributed by atoms with Crippen molar-refractivity contribution in [1.29, 1.82) is 0 Å². The molecule has 21 heavy (non-hydrogen) atoms. The van der Waals surface area contributed by atoms with Gasteiger partial charge in [0.25, 0.3) is 0 Å². The summed E-state index contributed by atoms with van der Waals surface area (Å²) in [6.07, 6.45) is 6.75. The van der Waals surface area contributed by atoms with Gasteiger partial charge in [0.15, 0.2) is 0 Å². The van der Waals surface area contributed by atoms with Crippen LogP contribution in [0.5, 0.6) is 11.6 Å². The van der Waals surface area contributed by atoms with Crippen molar-refractivity contribution < 1.29 is 4.74 Å². The van der Waals surface area contributed by atoms with Gasteiger partial charge in [-0.2, -0.15) is 0 Å². The van der Waals surface area contributed by atoms with Crippen LogP contribution < -0.4 is 10.1 Å². The average molecular weight is 282 g/mol. The zero-order valence-electron chi connectivity index (χ0n) is 12.7. The highest BCUT2D eigenvalue weighted by Crippen LogP contribution is 2.28. The minimum Gasteiger partial charge on any atom is -0.439 e. The van der Waals surface area contributed by atoms with Crippen LogP contribution in [0.15, 0.2) is 36.5 Å². The number of nitrogens with zero attached hydrogens (tertiary/aromatic N) is 1. The molecule has 0 amide bonds. The molecule has 1 aliphatic carbocycles. The van der Waals surface area contributed by atoms with E-state index in [1.165, 1.54) is 36.0 Å². The highest BCUT2D eigenvalue weighted by molar-refractivity contribution is 5.39. The Bertz CT molecular complexity index is 624. The fourth-order valence-corrected chi connectivity index (χ4v) is 2.81. The Kier molecular flexibility index (Phi) is 4.20. The molecule has 0 radical (unpaired) electrons. The van der Waals surface area contributed by atoms with Crippen LogP contribution in [0.1, 0.15) is 42.5 Å². The summed E-state index contributed by atoms with van der Waals surface area (Å²) in [4.78, 5) is 4.31. The second-order valence-electron chi connectivity index (χ2n) is 5.68. The van der Waals surface area contributed by atoms with Gasteiger partial charge in [-0.05, 0) is 74.5 Å². The van der Waals surface area contributed by atoms with Crippen molar-refractivity contribution in [2.45, 2.75) is 38.6 Å². The molecular formula is C18H22N2O. The van der Waals surface area contributed by atoms with E-state index in [9.17, 15) is 0 Å². The Morgan fingerprint density at radius 2 is 1.90 bits per heavy atom. The van der Waals surface area contributed by atoms with Crippen LogP contribution in [0.2, 0.25) is 0 Å². The number of rotatable bonds is 4. The van der Waals surface area contributed by atoms with E-state index in [1.54, 1.807) is 6.20 Å². The molecule has 1 unspecified atom stereocenters. The molecule has 0 saturated heterocycles. The van der Waals surface area contributed by atoms with Crippen molar-refractivity contribution in [2.75, 3.05) is 7.05 Å². The van der Waals surface area contributed by atoms with Crippen LogP contribution >= 0.6 is 0 Å². The molecule has 3 rings (SSSR count). The van der Waals surface area contributed by atoms with Crippen molar-refractivity contribution in [3.05, 3.63) is 53.2 Å². The van der Waals surface area contributed by atoms with Gasteiger partial charge in [0.1, 0.15) is 5.75 Å². The Hall–Kier alpha value is -1.87. The Morgan fingerprint density at radius 3 is 2.71 bits per heavy atom. The maximum atomic E-state index is 5.94. The third-order valence-electron chi connectivity index (χ3n) is 4.23. The number of ether oxygens (including phenoxy) is 1. The van der Waals surface area contributed by atoms with E-state index >= 15 is 0 Å². The highest BCUT2D eigenvalue weighted by Gasteiger charge is 2.11. The number of pyridine rings is 1. The zero-order valence-corrected chi connectivity index (χ0v) is 12.7. The molecule has 0 bridgehead atoms. The molecule has 1 heterocycles. The fourth-order valence-electron chi connectivity index (χ4n) is 2.81.